The van der Waals surface area contributed by atoms with Crippen LogP contribution >= 0.6 is 34.8 Å². The predicted octanol–water partition coefficient (Wildman–Crippen LogP) is 6.30. The molecule has 1 aliphatic heterocycles. The maximum absolute atomic E-state index is 12.9. The molecule has 1 amide bonds. The third kappa shape index (κ3) is 5.01. The zero-order chi connectivity index (χ0) is 22.0. The number of anilines is 2. The van der Waals surface area contributed by atoms with E-state index in [0.29, 0.717) is 32.1 Å². The third-order valence-corrected chi connectivity index (χ3v) is 6.09. The topological polar surface area (TPSA) is 48.7 Å². The van der Waals surface area contributed by atoms with Crippen molar-refractivity contribution in [3.8, 4) is 11.3 Å². The fourth-order valence-electron chi connectivity index (χ4n) is 3.72. The van der Waals surface area contributed by atoms with Crippen LogP contribution in [-0.2, 0) is 0 Å². The highest BCUT2D eigenvalue weighted by Crippen LogP contribution is 2.35. The first-order valence-electron chi connectivity index (χ1n) is 10.1. The van der Waals surface area contributed by atoms with Crippen LogP contribution in [0.4, 0.5) is 11.4 Å². The summed E-state index contributed by atoms with van der Waals surface area (Å²) in [5, 5.41) is 4.55. The van der Waals surface area contributed by atoms with Gasteiger partial charge in [0.15, 0.2) is 5.76 Å². The van der Waals surface area contributed by atoms with Crippen LogP contribution in [0.3, 0.4) is 0 Å². The maximum atomic E-state index is 12.9. The lowest BCUT2D eigenvalue weighted by molar-refractivity contribution is 0.0997. The number of furan rings is 1. The van der Waals surface area contributed by atoms with Gasteiger partial charge in [0, 0.05) is 41.8 Å². The minimum Gasteiger partial charge on any atom is -0.451 e. The number of likely N-dealkylation sites (N-methyl/N-ethyl adjacent to an activating group) is 1. The lowest BCUT2D eigenvalue weighted by Gasteiger charge is -2.36. The Hall–Kier alpha value is -2.18. The van der Waals surface area contributed by atoms with Gasteiger partial charge >= 0.3 is 0 Å². The van der Waals surface area contributed by atoms with Crippen LogP contribution < -0.4 is 10.2 Å². The molecule has 31 heavy (non-hydrogen) atoms. The van der Waals surface area contributed by atoms with Crippen molar-refractivity contribution in [3.63, 3.8) is 0 Å². The van der Waals surface area contributed by atoms with Crippen molar-refractivity contribution in [2.24, 2.45) is 0 Å². The lowest BCUT2D eigenvalue weighted by Crippen LogP contribution is -2.46. The average molecular weight is 479 g/mol. The highest BCUT2D eigenvalue weighted by molar-refractivity contribution is 6.35. The number of rotatable bonds is 5. The van der Waals surface area contributed by atoms with E-state index in [1.54, 1.807) is 30.3 Å². The van der Waals surface area contributed by atoms with E-state index in [1.165, 1.54) is 0 Å². The Morgan fingerprint density at radius 2 is 1.71 bits per heavy atom. The molecular weight excluding hydrogens is 457 g/mol. The highest BCUT2D eigenvalue weighted by atomic mass is 35.5. The zero-order valence-electron chi connectivity index (χ0n) is 17.0. The number of piperazine rings is 1. The van der Waals surface area contributed by atoms with E-state index in [0.717, 1.165) is 38.4 Å². The maximum Gasteiger partial charge on any atom is 0.291 e. The largest absolute Gasteiger partial charge is 0.451 e. The van der Waals surface area contributed by atoms with Crippen LogP contribution in [0.25, 0.3) is 11.3 Å². The van der Waals surface area contributed by atoms with Crippen molar-refractivity contribution >= 4 is 52.1 Å². The summed E-state index contributed by atoms with van der Waals surface area (Å²) < 4.78 is 5.78. The molecule has 1 fully saturated rings. The zero-order valence-corrected chi connectivity index (χ0v) is 19.3. The molecule has 4 rings (SSSR count). The molecule has 2 heterocycles. The van der Waals surface area contributed by atoms with Gasteiger partial charge in [-0.05, 0) is 49.0 Å². The normalized spacial score (nSPS) is 14.6. The lowest BCUT2D eigenvalue weighted by atomic mass is 10.2. The van der Waals surface area contributed by atoms with E-state index < -0.39 is 0 Å². The van der Waals surface area contributed by atoms with Gasteiger partial charge in [-0.3, -0.25) is 4.79 Å². The summed E-state index contributed by atoms with van der Waals surface area (Å²) in [5.41, 5.74) is 2.20. The Balaban J connectivity index is 1.54. The molecule has 8 heteroatoms. The molecule has 1 aromatic heterocycles. The standard InChI is InChI=1S/C23H22Cl3N3O2/c1-2-28-8-10-29(11-9-28)22-18(26)4-3-5-19(22)27-23(30)21-7-6-20(31-21)15-12-16(24)14-17(25)13-15/h3-7,12-14H,2,8-11H2,1H3,(H,27,30). The van der Waals surface area contributed by atoms with E-state index in [-0.39, 0.29) is 11.7 Å². The van der Waals surface area contributed by atoms with E-state index >= 15 is 0 Å². The number of nitrogens with one attached hydrogen (secondary N) is 1. The van der Waals surface area contributed by atoms with Gasteiger partial charge in [-0.2, -0.15) is 0 Å². The van der Waals surface area contributed by atoms with Crippen LogP contribution in [0.5, 0.6) is 0 Å². The van der Waals surface area contributed by atoms with Gasteiger partial charge in [0.05, 0.1) is 16.4 Å². The number of nitrogens with zero attached hydrogens (tertiary/aromatic N) is 2. The summed E-state index contributed by atoms with van der Waals surface area (Å²) in [4.78, 5) is 17.5. The molecule has 3 aromatic rings. The summed E-state index contributed by atoms with van der Waals surface area (Å²) in [6.45, 7) is 6.80. The number of hydrogen-bond acceptors (Lipinski definition) is 4. The summed E-state index contributed by atoms with van der Waals surface area (Å²) >= 11 is 18.7. The molecular formula is C23H22Cl3N3O2. The average Bonchev–Trinajstić information content (AvgIpc) is 3.24. The SMILES string of the molecule is CCN1CCN(c2c(Cl)cccc2NC(=O)c2ccc(-c3cc(Cl)cc(Cl)c3)o2)CC1. The van der Waals surface area contributed by atoms with Gasteiger partial charge in [-0.1, -0.05) is 47.8 Å². The van der Waals surface area contributed by atoms with Crippen LogP contribution in [-0.4, -0.2) is 43.5 Å². The van der Waals surface area contributed by atoms with Crippen molar-refractivity contribution < 1.29 is 9.21 Å². The van der Waals surface area contributed by atoms with Gasteiger partial charge in [0.2, 0.25) is 0 Å². The summed E-state index contributed by atoms with van der Waals surface area (Å²) in [7, 11) is 0. The first-order chi connectivity index (χ1) is 14.9. The Morgan fingerprint density at radius 3 is 2.39 bits per heavy atom. The van der Waals surface area contributed by atoms with Crippen LogP contribution in [0.1, 0.15) is 17.5 Å². The fraction of sp³-hybridized carbons (Fsp3) is 0.261. The highest BCUT2D eigenvalue weighted by Gasteiger charge is 2.22. The number of carbonyl (C=O) groups excluding carboxylic acids is 1. The van der Waals surface area contributed by atoms with Crippen molar-refractivity contribution in [3.05, 3.63) is 69.4 Å². The van der Waals surface area contributed by atoms with Crippen molar-refractivity contribution in [1.29, 1.82) is 0 Å². The smallest absolute Gasteiger partial charge is 0.291 e. The molecule has 0 saturated carbocycles. The molecule has 0 aliphatic carbocycles. The number of carbonyl (C=O) groups is 1. The fourth-order valence-corrected chi connectivity index (χ4v) is 4.54. The molecule has 2 aromatic carbocycles. The van der Waals surface area contributed by atoms with Crippen molar-refractivity contribution in [1.82, 2.24) is 4.90 Å². The number of para-hydroxylation sites is 1. The molecule has 1 saturated heterocycles. The van der Waals surface area contributed by atoms with Crippen LogP contribution in [0.2, 0.25) is 15.1 Å². The number of halogens is 3. The number of hydrogen-bond donors (Lipinski definition) is 1. The van der Waals surface area contributed by atoms with E-state index in [4.69, 9.17) is 39.2 Å². The molecule has 5 nitrogen and oxygen atoms in total. The van der Waals surface area contributed by atoms with Gasteiger partial charge in [-0.15, -0.1) is 0 Å². The Bertz CT molecular complexity index is 1070. The molecule has 0 spiro atoms. The summed E-state index contributed by atoms with van der Waals surface area (Å²) in [5.74, 6) is 0.347. The quantitative estimate of drug-likeness (QED) is 0.467. The van der Waals surface area contributed by atoms with Gasteiger partial charge in [0.25, 0.3) is 5.91 Å². The molecule has 162 valence electrons. The Kier molecular flexibility index (Phi) is 6.77. The summed E-state index contributed by atoms with van der Waals surface area (Å²) in [6, 6.07) is 14.0. The Morgan fingerprint density at radius 1 is 1.00 bits per heavy atom. The first-order valence-corrected chi connectivity index (χ1v) is 11.2. The molecule has 1 N–H and O–H groups in total. The molecule has 0 atom stereocenters. The molecule has 1 aliphatic rings. The van der Waals surface area contributed by atoms with E-state index in [2.05, 4.69) is 22.0 Å². The number of amides is 1. The summed E-state index contributed by atoms with van der Waals surface area (Å²) in [6.07, 6.45) is 0. The minimum atomic E-state index is -0.352. The predicted molar refractivity (Wildman–Crippen MR) is 128 cm³/mol. The van der Waals surface area contributed by atoms with E-state index in [1.807, 2.05) is 18.2 Å². The Labute approximate surface area is 196 Å². The second kappa shape index (κ2) is 9.53. The van der Waals surface area contributed by atoms with Crippen LogP contribution in [0, 0.1) is 0 Å². The number of benzene rings is 2. The molecule has 0 unspecified atom stereocenters. The second-order valence-electron chi connectivity index (χ2n) is 7.33. The second-order valence-corrected chi connectivity index (χ2v) is 8.61. The van der Waals surface area contributed by atoms with Gasteiger partial charge in [0.1, 0.15) is 5.76 Å². The minimum absolute atomic E-state index is 0.188. The molecule has 0 radical (unpaired) electrons. The van der Waals surface area contributed by atoms with E-state index in [9.17, 15) is 4.79 Å². The van der Waals surface area contributed by atoms with Crippen molar-refractivity contribution in [2.75, 3.05) is 42.9 Å². The van der Waals surface area contributed by atoms with Gasteiger partial charge in [-0.25, -0.2) is 0 Å². The molecule has 0 bridgehead atoms. The van der Waals surface area contributed by atoms with Crippen LogP contribution in [0.15, 0.2) is 52.9 Å². The van der Waals surface area contributed by atoms with Crippen molar-refractivity contribution in [2.45, 2.75) is 6.92 Å². The van der Waals surface area contributed by atoms with Gasteiger partial charge < -0.3 is 19.5 Å². The third-order valence-electron chi connectivity index (χ3n) is 5.35. The first kappa shape index (κ1) is 22.0. The monoisotopic (exact) mass is 477 g/mol.